The highest BCUT2D eigenvalue weighted by atomic mass is 32.1. The minimum absolute atomic E-state index is 0.361. The zero-order valence-electron chi connectivity index (χ0n) is 11.5. The van der Waals surface area contributed by atoms with Gasteiger partial charge in [-0.3, -0.25) is 0 Å². The van der Waals surface area contributed by atoms with Crippen molar-refractivity contribution in [2.75, 3.05) is 0 Å². The van der Waals surface area contributed by atoms with Gasteiger partial charge >= 0.3 is 0 Å². The maximum atomic E-state index is 10.4. The molecule has 0 aliphatic carbocycles. The maximum absolute atomic E-state index is 10.4. The molecule has 0 saturated carbocycles. The van der Waals surface area contributed by atoms with Crippen LogP contribution in [0.5, 0.6) is 11.5 Å². The van der Waals surface area contributed by atoms with E-state index in [9.17, 15) is 5.11 Å². The summed E-state index contributed by atoms with van der Waals surface area (Å²) in [6.45, 7) is 4.36. The number of rotatable bonds is 3. The molecule has 106 valence electrons. The van der Waals surface area contributed by atoms with Crippen molar-refractivity contribution in [1.29, 1.82) is 0 Å². The largest absolute Gasteiger partial charge is 0.487 e. The van der Waals surface area contributed by atoms with E-state index < -0.39 is 6.10 Å². The van der Waals surface area contributed by atoms with Crippen molar-refractivity contribution < 1.29 is 14.6 Å². The number of benzene rings is 1. The second-order valence-electron chi connectivity index (χ2n) is 5.46. The highest BCUT2D eigenvalue weighted by Crippen LogP contribution is 2.44. The van der Waals surface area contributed by atoms with E-state index in [4.69, 9.17) is 9.47 Å². The van der Waals surface area contributed by atoms with E-state index in [1.165, 1.54) is 0 Å². The zero-order chi connectivity index (χ0) is 14.2. The van der Waals surface area contributed by atoms with E-state index in [1.807, 2.05) is 37.4 Å². The third kappa shape index (κ3) is 2.64. The van der Waals surface area contributed by atoms with Crippen LogP contribution < -0.4 is 9.47 Å². The summed E-state index contributed by atoms with van der Waals surface area (Å²) in [5, 5.41) is 13.2. The van der Waals surface area contributed by atoms with Gasteiger partial charge in [-0.1, -0.05) is 6.07 Å². The van der Waals surface area contributed by atoms with Crippen LogP contribution in [0.15, 0.2) is 29.8 Å². The predicted molar refractivity (Wildman–Crippen MR) is 77.2 cm³/mol. The van der Waals surface area contributed by atoms with Crippen LogP contribution in [-0.2, 0) is 6.61 Å². The third-order valence-corrected chi connectivity index (χ3v) is 4.02. The monoisotopic (exact) mass is 291 g/mol. The predicted octanol–water partition coefficient (Wildman–Crippen LogP) is 3.32. The van der Waals surface area contributed by atoms with Gasteiger partial charge in [0.1, 0.15) is 28.7 Å². The fraction of sp³-hybridized carbons (Fsp3) is 0.400. The summed E-state index contributed by atoms with van der Waals surface area (Å²) in [6.07, 6.45) is 1.74. The summed E-state index contributed by atoms with van der Waals surface area (Å²) in [7, 11) is 0. The molecule has 0 fully saturated rings. The van der Waals surface area contributed by atoms with Crippen molar-refractivity contribution in [2.45, 2.75) is 38.6 Å². The number of hydrogen-bond donors (Lipinski definition) is 1. The van der Waals surface area contributed by atoms with Gasteiger partial charge in [0.15, 0.2) is 0 Å². The summed E-state index contributed by atoms with van der Waals surface area (Å²) in [5.41, 5.74) is 0.378. The Morgan fingerprint density at radius 2 is 2.35 bits per heavy atom. The average molecular weight is 291 g/mol. The van der Waals surface area contributed by atoms with Crippen molar-refractivity contribution in [3.63, 3.8) is 0 Å². The molecule has 0 bridgehead atoms. The van der Waals surface area contributed by atoms with Crippen molar-refractivity contribution in [2.24, 2.45) is 0 Å². The van der Waals surface area contributed by atoms with Crippen molar-refractivity contribution in [3.8, 4) is 11.5 Å². The molecule has 4 nitrogen and oxygen atoms in total. The van der Waals surface area contributed by atoms with E-state index in [0.29, 0.717) is 24.5 Å². The third-order valence-electron chi connectivity index (χ3n) is 3.27. The minimum Gasteiger partial charge on any atom is -0.487 e. The number of thiazole rings is 1. The van der Waals surface area contributed by atoms with Crippen LogP contribution in [0.2, 0.25) is 0 Å². The Balaban J connectivity index is 1.86. The summed E-state index contributed by atoms with van der Waals surface area (Å²) in [5.74, 6) is 1.37. The summed E-state index contributed by atoms with van der Waals surface area (Å²) in [6, 6.07) is 5.61. The molecule has 1 N–H and O–H groups in total. The summed E-state index contributed by atoms with van der Waals surface area (Å²) >= 11 is 1.55. The first-order valence-corrected chi connectivity index (χ1v) is 7.44. The quantitative estimate of drug-likeness (QED) is 0.942. The van der Waals surface area contributed by atoms with Crippen LogP contribution in [0.4, 0.5) is 0 Å². The fourth-order valence-corrected chi connectivity index (χ4v) is 2.97. The summed E-state index contributed by atoms with van der Waals surface area (Å²) < 4.78 is 11.7. The Kier molecular flexibility index (Phi) is 3.40. The molecule has 1 atom stereocenters. The first kappa shape index (κ1) is 13.4. The molecule has 3 rings (SSSR count). The zero-order valence-corrected chi connectivity index (χ0v) is 12.3. The number of fused-ring (bicyclic) bond motifs is 1. The number of nitrogens with zero attached hydrogens (tertiary/aromatic N) is 1. The SMILES string of the molecule is CC1(C)C[C@H](O)c2c(OCc3nccs3)cccc2O1. The van der Waals surface area contributed by atoms with Gasteiger partial charge in [0.05, 0.1) is 11.7 Å². The standard InChI is InChI=1S/C15H17NO3S/c1-15(2)8-10(17)14-11(4-3-5-12(14)19-15)18-9-13-16-6-7-20-13/h3-7,10,17H,8-9H2,1-2H3/t10-/m0/s1. The van der Waals surface area contributed by atoms with E-state index in [1.54, 1.807) is 17.5 Å². The molecule has 1 aromatic heterocycles. The van der Waals surface area contributed by atoms with Gasteiger partial charge in [0.25, 0.3) is 0 Å². The lowest BCUT2D eigenvalue weighted by atomic mass is 9.91. The first-order chi connectivity index (χ1) is 9.55. The highest BCUT2D eigenvalue weighted by Gasteiger charge is 2.34. The molecular weight excluding hydrogens is 274 g/mol. The molecular formula is C15H17NO3S. The second-order valence-corrected chi connectivity index (χ2v) is 6.44. The smallest absolute Gasteiger partial charge is 0.140 e. The van der Waals surface area contributed by atoms with Crippen LogP contribution >= 0.6 is 11.3 Å². The first-order valence-electron chi connectivity index (χ1n) is 6.56. The maximum Gasteiger partial charge on any atom is 0.140 e. The molecule has 0 spiro atoms. The number of aromatic nitrogens is 1. The molecule has 2 aromatic rings. The van der Waals surface area contributed by atoms with Gasteiger partial charge in [0.2, 0.25) is 0 Å². The van der Waals surface area contributed by atoms with Crippen LogP contribution in [-0.4, -0.2) is 15.7 Å². The number of aliphatic hydroxyl groups is 1. The normalized spacial score (nSPS) is 20.1. The Morgan fingerprint density at radius 3 is 3.10 bits per heavy atom. The molecule has 0 amide bonds. The lowest BCUT2D eigenvalue weighted by Crippen LogP contribution is -2.35. The van der Waals surface area contributed by atoms with E-state index >= 15 is 0 Å². The lowest BCUT2D eigenvalue weighted by molar-refractivity contribution is 0.00949. The van der Waals surface area contributed by atoms with Gasteiger partial charge in [-0.15, -0.1) is 11.3 Å². The molecule has 5 heteroatoms. The Hall–Kier alpha value is -1.59. The van der Waals surface area contributed by atoms with Gasteiger partial charge in [0, 0.05) is 18.0 Å². The molecule has 20 heavy (non-hydrogen) atoms. The Bertz CT molecular complexity index is 595. The molecule has 0 unspecified atom stereocenters. The number of ether oxygens (including phenoxy) is 2. The van der Waals surface area contributed by atoms with Gasteiger partial charge in [-0.25, -0.2) is 4.98 Å². The number of aliphatic hydroxyl groups excluding tert-OH is 1. The highest BCUT2D eigenvalue weighted by molar-refractivity contribution is 7.09. The molecule has 1 aromatic carbocycles. The Labute approximate surface area is 122 Å². The van der Waals surface area contributed by atoms with Gasteiger partial charge in [-0.05, 0) is 26.0 Å². The molecule has 2 heterocycles. The van der Waals surface area contributed by atoms with Crippen molar-refractivity contribution >= 4 is 11.3 Å². The van der Waals surface area contributed by atoms with Crippen LogP contribution in [0.1, 0.15) is 36.9 Å². The molecule has 1 aliphatic rings. The number of hydrogen-bond acceptors (Lipinski definition) is 5. The average Bonchev–Trinajstić information content (AvgIpc) is 2.87. The van der Waals surface area contributed by atoms with E-state index in [2.05, 4.69) is 4.98 Å². The van der Waals surface area contributed by atoms with E-state index in [-0.39, 0.29) is 5.60 Å². The van der Waals surface area contributed by atoms with Crippen LogP contribution in [0.3, 0.4) is 0 Å². The van der Waals surface area contributed by atoms with Crippen LogP contribution in [0.25, 0.3) is 0 Å². The minimum atomic E-state index is -0.568. The Morgan fingerprint density at radius 1 is 1.50 bits per heavy atom. The molecule has 0 saturated heterocycles. The van der Waals surface area contributed by atoms with Gasteiger partial charge in [-0.2, -0.15) is 0 Å². The fourth-order valence-electron chi connectivity index (χ4n) is 2.44. The molecule has 1 aliphatic heterocycles. The lowest BCUT2D eigenvalue weighted by Gasteiger charge is -2.36. The topological polar surface area (TPSA) is 51.6 Å². The van der Waals surface area contributed by atoms with Gasteiger partial charge < -0.3 is 14.6 Å². The second kappa shape index (κ2) is 5.07. The summed E-state index contributed by atoms with van der Waals surface area (Å²) in [4.78, 5) is 4.19. The molecule has 0 radical (unpaired) electrons. The van der Waals surface area contributed by atoms with E-state index in [0.717, 1.165) is 10.6 Å². The van der Waals surface area contributed by atoms with Crippen molar-refractivity contribution in [1.82, 2.24) is 4.98 Å². The van der Waals surface area contributed by atoms with Crippen LogP contribution in [0, 0.1) is 0 Å². The van der Waals surface area contributed by atoms with Crippen molar-refractivity contribution in [3.05, 3.63) is 40.3 Å².